The van der Waals surface area contributed by atoms with Crippen LogP contribution in [0.25, 0.3) is 0 Å². The summed E-state index contributed by atoms with van der Waals surface area (Å²) in [5.41, 5.74) is 11.1. The maximum Gasteiger partial charge on any atom is 0.129 e. The van der Waals surface area contributed by atoms with Crippen molar-refractivity contribution in [2.45, 2.75) is 12.0 Å². The molecule has 0 aliphatic carbocycles. The number of rotatable bonds is 3. The van der Waals surface area contributed by atoms with Gasteiger partial charge in [0.15, 0.2) is 0 Å². The molecule has 2 unspecified atom stereocenters. The molecule has 21 heavy (non-hydrogen) atoms. The second-order valence-corrected chi connectivity index (χ2v) is 4.99. The highest BCUT2D eigenvalue weighted by Gasteiger charge is 2.32. The van der Waals surface area contributed by atoms with Gasteiger partial charge >= 0.3 is 0 Å². The number of hydrogen-bond acceptors (Lipinski definition) is 5. The van der Waals surface area contributed by atoms with Gasteiger partial charge in [0.25, 0.3) is 0 Å². The van der Waals surface area contributed by atoms with E-state index in [2.05, 4.69) is 10.5 Å². The molecule has 0 amide bonds. The predicted octanol–water partition coefficient (Wildman–Crippen LogP) is 2.10. The van der Waals surface area contributed by atoms with Crippen LogP contribution in [0.2, 0.25) is 0 Å². The van der Waals surface area contributed by atoms with Crippen molar-refractivity contribution in [3.05, 3.63) is 59.7 Å². The zero-order chi connectivity index (χ0) is 14.8. The molecule has 108 valence electrons. The minimum Gasteiger partial charge on any atom is -0.508 e. The van der Waals surface area contributed by atoms with Crippen LogP contribution in [0.1, 0.15) is 23.1 Å². The van der Waals surface area contributed by atoms with Crippen LogP contribution in [0.4, 0.5) is 0 Å². The topological polar surface area (TPSA) is 79.9 Å². The molecule has 5 nitrogen and oxygen atoms in total. The zero-order valence-electron chi connectivity index (χ0n) is 11.7. The van der Waals surface area contributed by atoms with Gasteiger partial charge in [-0.3, -0.25) is 5.43 Å². The summed E-state index contributed by atoms with van der Waals surface area (Å²) in [6.07, 6.45) is 0. The fraction of sp³-hybridized carbons (Fsp3) is 0.188. The largest absolute Gasteiger partial charge is 0.508 e. The van der Waals surface area contributed by atoms with E-state index in [9.17, 15) is 5.11 Å². The maximum atomic E-state index is 9.65. The molecule has 2 aromatic carbocycles. The van der Waals surface area contributed by atoms with Gasteiger partial charge in [0.2, 0.25) is 0 Å². The van der Waals surface area contributed by atoms with Crippen LogP contribution in [-0.2, 0) is 0 Å². The Kier molecular flexibility index (Phi) is 3.39. The highest BCUT2D eigenvalue weighted by atomic mass is 16.5. The Labute approximate surface area is 123 Å². The van der Waals surface area contributed by atoms with Gasteiger partial charge < -0.3 is 15.6 Å². The molecule has 0 saturated carbocycles. The predicted molar refractivity (Wildman–Crippen MR) is 81.3 cm³/mol. The van der Waals surface area contributed by atoms with Crippen LogP contribution >= 0.6 is 0 Å². The van der Waals surface area contributed by atoms with E-state index in [-0.39, 0.29) is 17.7 Å². The lowest BCUT2D eigenvalue weighted by Gasteiger charge is -2.20. The fourth-order valence-electron chi connectivity index (χ4n) is 2.62. The first-order chi connectivity index (χ1) is 10.2. The van der Waals surface area contributed by atoms with Gasteiger partial charge in [0.1, 0.15) is 17.3 Å². The van der Waals surface area contributed by atoms with Crippen LogP contribution in [0, 0.1) is 0 Å². The van der Waals surface area contributed by atoms with E-state index in [4.69, 9.17) is 10.5 Å². The van der Waals surface area contributed by atoms with Crippen LogP contribution in [0.5, 0.6) is 11.5 Å². The Morgan fingerprint density at radius 1 is 1.14 bits per heavy atom. The molecule has 1 aliphatic rings. The van der Waals surface area contributed by atoms with Crippen LogP contribution in [0.3, 0.4) is 0 Å². The summed E-state index contributed by atoms with van der Waals surface area (Å²) in [5.74, 6) is 1.49. The van der Waals surface area contributed by atoms with Crippen LogP contribution < -0.4 is 15.9 Å². The van der Waals surface area contributed by atoms with E-state index < -0.39 is 0 Å². The number of hydrazone groups is 1. The lowest BCUT2D eigenvalue weighted by molar-refractivity contribution is 0.414. The number of methoxy groups -OCH3 is 1. The number of phenols is 1. The van der Waals surface area contributed by atoms with Gasteiger partial charge in [-0.2, -0.15) is 5.10 Å². The molecule has 0 aromatic heterocycles. The summed E-state index contributed by atoms with van der Waals surface area (Å²) in [6, 6.07) is 14.8. The molecule has 3 rings (SSSR count). The Hall–Kier alpha value is -2.69. The first kappa shape index (κ1) is 13.3. The van der Waals surface area contributed by atoms with Crippen molar-refractivity contribution in [3.8, 4) is 11.5 Å². The summed E-state index contributed by atoms with van der Waals surface area (Å²) in [6.45, 7) is 0. The lowest BCUT2D eigenvalue weighted by atomic mass is 9.87. The van der Waals surface area contributed by atoms with Gasteiger partial charge in [0, 0.05) is 0 Å². The smallest absolute Gasteiger partial charge is 0.129 e. The van der Waals surface area contributed by atoms with Gasteiger partial charge in [-0.25, -0.2) is 0 Å². The monoisotopic (exact) mass is 283 g/mol. The average molecular weight is 283 g/mol. The SMILES string of the molecule is COc1ccc(C2C(N)=NNC2c2cccc(O)c2)cc1. The van der Waals surface area contributed by atoms with E-state index in [1.54, 1.807) is 19.2 Å². The van der Waals surface area contributed by atoms with Gasteiger partial charge in [-0.15, -0.1) is 0 Å². The van der Waals surface area contributed by atoms with E-state index in [0.717, 1.165) is 16.9 Å². The molecule has 2 atom stereocenters. The molecule has 0 bridgehead atoms. The van der Waals surface area contributed by atoms with Gasteiger partial charge in [-0.05, 0) is 35.4 Å². The summed E-state index contributed by atoms with van der Waals surface area (Å²) in [5, 5.41) is 13.8. The lowest BCUT2D eigenvalue weighted by Crippen LogP contribution is -2.24. The zero-order valence-corrected chi connectivity index (χ0v) is 11.7. The number of nitrogens with one attached hydrogen (secondary N) is 1. The van der Waals surface area contributed by atoms with Gasteiger partial charge in [0.05, 0.1) is 19.1 Å². The molecule has 5 heteroatoms. The molecular formula is C16H17N3O2. The van der Waals surface area contributed by atoms with Crippen LogP contribution in [0.15, 0.2) is 53.6 Å². The third-order valence-electron chi connectivity index (χ3n) is 3.69. The highest BCUT2D eigenvalue weighted by molar-refractivity contribution is 5.89. The number of aromatic hydroxyl groups is 1. The molecular weight excluding hydrogens is 266 g/mol. The molecule has 0 saturated heterocycles. The molecule has 2 aromatic rings. The third-order valence-corrected chi connectivity index (χ3v) is 3.69. The number of nitrogens with two attached hydrogens (primary N) is 1. The number of phenolic OH excluding ortho intramolecular Hbond substituents is 1. The minimum absolute atomic E-state index is 0.0716. The Morgan fingerprint density at radius 2 is 1.90 bits per heavy atom. The first-order valence-electron chi connectivity index (χ1n) is 6.70. The molecule has 1 aliphatic heterocycles. The van der Waals surface area contributed by atoms with Crippen molar-refractivity contribution in [1.29, 1.82) is 0 Å². The normalized spacial score (nSPS) is 20.7. The van der Waals surface area contributed by atoms with Gasteiger partial charge in [-0.1, -0.05) is 24.3 Å². The number of ether oxygens (including phenoxy) is 1. The summed E-state index contributed by atoms with van der Waals surface area (Å²) in [7, 11) is 1.64. The average Bonchev–Trinajstić information content (AvgIpc) is 2.89. The van der Waals surface area contributed by atoms with Crippen molar-refractivity contribution in [3.63, 3.8) is 0 Å². The minimum atomic E-state index is -0.0921. The maximum absolute atomic E-state index is 9.65. The quantitative estimate of drug-likeness (QED) is 0.806. The molecule has 0 spiro atoms. The van der Waals surface area contributed by atoms with Crippen molar-refractivity contribution in [2.75, 3.05) is 7.11 Å². The van der Waals surface area contributed by atoms with Crippen molar-refractivity contribution in [1.82, 2.24) is 5.43 Å². The fourth-order valence-corrected chi connectivity index (χ4v) is 2.62. The molecule has 0 fully saturated rings. The number of benzene rings is 2. The molecule has 1 heterocycles. The van der Waals surface area contributed by atoms with E-state index in [1.807, 2.05) is 36.4 Å². The Morgan fingerprint density at radius 3 is 2.57 bits per heavy atom. The highest BCUT2D eigenvalue weighted by Crippen LogP contribution is 2.36. The van der Waals surface area contributed by atoms with E-state index in [0.29, 0.717) is 5.84 Å². The third kappa shape index (κ3) is 2.50. The molecule has 4 N–H and O–H groups in total. The van der Waals surface area contributed by atoms with E-state index >= 15 is 0 Å². The van der Waals surface area contributed by atoms with Crippen molar-refractivity contribution >= 4 is 5.84 Å². The first-order valence-corrected chi connectivity index (χ1v) is 6.70. The Bertz CT molecular complexity index is 667. The van der Waals surface area contributed by atoms with Crippen molar-refractivity contribution < 1.29 is 9.84 Å². The number of hydrogen-bond donors (Lipinski definition) is 3. The Balaban J connectivity index is 1.95. The summed E-state index contributed by atoms with van der Waals surface area (Å²) in [4.78, 5) is 0. The second kappa shape index (κ2) is 5.36. The number of amidine groups is 1. The van der Waals surface area contributed by atoms with Crippen LogP contribution in [-0.4, -0.2) is 18.1 Å². The molecule has 0 radical (unpaired) electrons. The van der Waals surface area contributed by atoms with E-state index in [1.165, 1.54) is 0 Å². The summed E-state index contributed by atoms with van der Waals surface area (Å²) >= 11 is 0. The summed E-state index contributed by atoms with van der Waals surface area (Å²) < 4.78 is 5.18. The number of nitrogens with zero attached hydrogens (tertiary/aromatic N) is 1. The van der Waals surface area contributed by atoms with Crippen molar-refractivity contribution in [2.24, 2.45) is 10.8 Å². The standard InChI is InChI=1S/C16H17N3O2/c1-21-13-7-5-10(6-8-13)14-15(18-19-16(14)17)11-3-2-4-12(20)9-11/h2-9,14-15,18,20H,1H3,(H2,17,19). The second-order valence-electron chi connectivity index (χ2n) is 4.99.